The lowest BCUT2D eigenvalue weighted by Crippen LogP contribution is -2.25. The van der Waals surface area contributed by atoms with E-state index in [9.17, 15) is 13.2 Å². The second-order valence-electron chi connectivity index (χ2n) is 7.03. The van der Waals surface area contributed by atoms with Crippen molar-refractivity contribution in [1.82, 2.24) is 10.0 Å². The Balaban J connectivity index is 1.47. The van der Waals surface area contributed by atoms with Crippen molar-refractivity contribution < 1.29 is 17.9 Å². The molecule has 164 valence electrons. The number of rotatable bonds is 10. The van der Waals surface area contributed by atoms with Crippen molar-refractivity contribution in [2.45, 2.75) is 24.7 Å². The first-order valence-corrected chi connectivity index (χ1v) is 11.5. The molecule has 0 bridgehead atoms. The topological polar surface area (TPSA) is 84.5 Å². The molecular formula is C25H24N2O4S. The lowest BCUT2D eigenvalue weighted by molar-refractivity contribution is 0.0950. The van der Waals surface area contributed by atoms with Crippen LogP contribution < -0.4 is 10.0 Å². The summed E-state index contributed by atoms with van der Waals surface area (Å²) in [4.78, 5) is 12.4. The van der Waals surface area contributed by atoms with Crippen molar-refractivity contribution >= 4 is 15.9 Å². The number of benzene rings is 3. The third kappa shape index (κ3) is 6.79. The number of nitrogens with one attached hydrogen (secondary N) is 2. The van der Waals surface area contributed by atoms with Gasteiger partial charge in [0.1, 0.15) is 0 Å². The van der Waals surface area contributed by atoms with Gasteiger partial charge in [-0.05, 0) is 41.0 Å². The molecule has 0 aromatic heterocycles. The maximum Gasteiger partial charge on any atom is 0.251 e. The number of terminal acetylenes is 1. The lowest BCUT2D eigenvalue weighted by atomic mass is 10.1. The summed E-state index contributed by atoms with van der Waals surface area (Å²) in [5, 5.41) is 2.83. The summed E-state index contributed by atoms with van der Waals surface area (Å²) < 4.78 is 32.1. The molecule has 1 amide bonds. The summed E-state index contributed by atoms with van der Waals surface area (Å²) in [6, 6.07) is 23.5. The van der Waals surface area contributed by atoms with Crippen molar-refractivity contribution in [3.05, 3.63) is 101 Å². The Morgan fingerprint density at radius 1 is 0.844 bits per heavy atom. The van der Waals surface area contributed by atoms with Gasteiger partial charge in [0.05, 0.1) is 24.7 Å². The van der Waals surface area contributed by atoms with Crippen molar-refractivity contribution in [2.24, 2.45) is 0 Å². The number of carbonyl (C=O) groups excluding carboxylic acids is 1. The molecule has 2 N–H and O–H groups in total. The average molecular weight is 449 g/mol. The Kier molecular flexibility index (Phi) is 8.17. The normalized spacial score (nSPS) is 11.0. The molecule has 3 rings (SSSR count). The minimum Gasteiger partial charge on any atom is -0.372 e. The van der Waals surface area contributed by atoms with Gasteiger partial charge in [-0.15, -0.1) is 6.42 Å². The van der Waals surface area contributed by atoms with Gasteiger partial charge in [0.15, 0.2) is 0 Å². The van der Waals surface area contributed by atoms with Gasteiger partial charge in [0, 0.05) is 12.1 Å². The van der Waals surface area contributed by atoms with Gasteiger partial charge in [-0.1, -0.05) is 60.5 Å². The van der Waals surface area contributed by atoms with Crippen molar-refractivity contribution in [1.29, 1.82) is 0 Å². The molecule has 7 heteroatoms. The Bertz CT molecular complexity index is 1170. The van der Waals surface area contributed by atoms with Crippen LogP contribution in [0.2, 0.25) is 0 Å². The Hall–Kier alpha value is -3.44. The van der Waals surface area contributed by atoms with Crippen LogP contribution in [-0.2, 0) is 34.5 Å². The number of sulfonamides is 1. The fraction of sp³-hybridized carbons (Fsp3) is 0.160. The molecule has 0 saturated heterocycles. The largest absolute Gasteiger partial charge is 0.372 e. The Labute approximate surface area is 188 Å². The maximum absolute atomic E-state index is 12.4. The highest BCUT2D eigenvalue weighted by Gasteiger charge is 2.14. The van der Waals surface area contributed by atoms with E-state index in [4.69, 9.17) is 11.2 Å². The van der Waals surface area contributed by atoms with Crippen LogP contribution in [0.15, 0.2) is 83.8 Å². The number of carbonyl (C=O) groups is 1. The van der Waals surface area contributed by atoms with E-state index in [1.165, 1.54) is 24.3 Å². The van der Waals surface area contributed by atoms with E-state index < -0.39 is 10.0 Å². The predicted molar refractivity (Wildman–Crippen MR) is 123 cm³/mol. The summed E-state index contributed by atoms with van der Waals surface area (Å²) in [6.45, 7) is 1.32. The van der Waals surface area contributed by atoms with Gasteiger partial charge in [-0.25, -0.2) is 8.42 Å². The van der Waals surface area contributed by atoms with Crippen LogP contribution in [-0.4, -0.2) is 20.9 Å². The smallest absolute Gasteiger partial charge is 0.251 e. The zero-order valence-electron chi connectivity index (χ0n) is 17.5. The van der Waals surface area contributed by atoms with Crippen LogP contribution in [0.4, 0.5) is 0 Å². The van der Waals surface area contributed by atoms with Crippen LogP contribution >= 0.6 is 0 Å². The predicted octanol–water partition coefficient (Wildman–Crippen LogP) is 3.24. The highest BCUT2D eigenvalue weighted by molar-refractivity contribution is 7.89. The Morgan fingerprint density at radius 2 is 1.44 bits per heavy atom. The first kappa shape index (κ1) is 23.2. The van der Waals surface area contributed by atoms with E-state index >= 15 is 0 Å². The van der Waals surface area contributed by atoms with Crippen molar-refractivity contribution in [2.75, 3.05) is 6.54 Å². The van der Waals surface area contributed by atoms with Gasteiger partial charge in [0.25, 0.3) is 5.91 Å². The molecule has 0 aliphatic carbocycles. The first-order chi connectivity index (χ1) is 15.5. The van der Waals surface area contributed by atoms with E-state index in [1.54, 1.807) is 0 Å². The van der Waals surface area contributed by atoms with Crippen LogP contribution in [0, 0.1) is 12.3 Å². The third-order valence-corrected chi connectivity index (χ3v) is 6.06. The quantitative estimate of drug-likeness (QED) is 0.467. The third-order valence-electron chi connectivity index (χ3n) is 4.65. The first-order valence-electron chi connectivity index (χ1n) is 9.99. The second kappa shape index (κ2) is 11.3. The highest BCUT2D eigenvalue weighted by atomic mass is 32.2. The molecule has 0 saturated carbocycles. The van der Waals surface area contributed by atoms with E-state index in [-0.39, 0.29) is 17.3 Å². The highest BCUT2D eigenvalue weighted by Crippen LogP contribution is 2.12. The molecule has 0 unspecified atom stereocenters. The van der Waals surface area contributed by atoms with E-state index in [0.29, 0.717) is 25.3 Å². The maximum atomic E-state index is 12.4. The summed E-state index contributed by atoms with van der Waals surface area (Å²) in [6.07, 6.45) is 5.07. The van der Waals surface area contributed by atoms with Gasteiger partial charge in [-0.3, -0.25) is 4.79 Å². The van der Waals surface area contributed by atoms with Gasteiger partial charge < -0.3 is 10.1 Å². The summed E-state index contributed by atoms with van der Waals surface area (Å²) >= 11 is 0. The fourth-order valence-electron chi connectivity index (χ4n) is 2.90. The Morgan fingerprint density at radius 3 is 2.06 bits per heavy atom. The molecule has 6 nitrogen and oxygen atoms in total. The van der Waals surface area contributed by atoms with Gasteiger partial charge in [0.2, 0.25) is 10.0 Å². The summed E-state index contributed by atoms with van der Waals surface area (Å²) in [7, 11) is -3.68. The van der Waals surface area contributed by atoms with Crippen LogP contribution in [0.1, 0.15) is 27.0 Å². The summed E-state index contributed by atoms with van der Waals surface area (Å²) in [5.41, 5.74) is 3.49. The molecule has 32 heavy (non-hydrogen) atoms. The average Bonchev–Trinajstić information content (AvgIpc) is 2.83. The standard InChI is InChI=1S/C25H24N2O4S/c1-2-16-27-32(29,30)24-14-12-23(13-15-24)25(28)26-17-20-8-10-22(11-9-20)19-31-18-21-6-4-3-5-7-21/h1,3-15,27H,16-19H2,(H,26,28). The van der Waals surface area contributed by atoms with Crippen LogP contribution in [0.25, 0.3) is 0 Å². The van der Waals surface area contributed by atoms with E-state index in [0.717, 1.165) is 16.7 Å². The monoisotopic (exact) mass is 448 g/mol. The van der Waals surface area contributed by atoms with Gasteiger partial charge in [-0.2, -0.15) is 4.72 Å². The SMILES string of the molecule is C#CCNS(=O)(=O)c1ccc(C(=O)NCc2ccc(COCc3ccccc3)cc2)cc1. The molecule has 3 aromatic rings. The molecule has 0 aliphatic heterocycles. The van der Waals surface area contributed by atoms with E-state index in [2.05, 4.69) is 16.0 Å². The molecule has 3 aromatic carbocycles. The summed E-state index contributed by atoms with van der Waals surface area (Å²) in [5.74, 6) is 1.92. The molecule has 0 spiro atoms. The van der Waals surface area contributed by atoms with Crippen LogP contribution in [0.5, 0.6) is 0 Å². The number of hydrogen-bond donors (Lipinski definition) is 2. The van der Waals surface area contributed by atoms with Gasteiger partial charge >= 0.3 is 0 Å². The number of hydrogen-bond acceptors (Lipinski definition) is 4. The molecule has 0 fully saturated rings. The van der Waals surface area contributed by atoms with Crippen LogP contribution in [0.3, 0.4) is 0 Å². The fourth-order valence-corrected chi connectivity index (χ4v) is 3.84. The molecule has 0 aliphatic rings. The number of ether oxygens (including phenoxy) is 1. The zero-order chi connectivity index (χ0) is 22.8. The minimum atomic E-state index is -3.68. The molecular weight excluding hydrogens is 424 g/mol. The van der Waals surface area contributed by atoms with Crippen molar-refractivity contribution in [3.63, 3.8) is 0 Å². The molecule has 0 heterocycles. The molecule has 0 atom stereocenters. The second-order valence-corrected chi connectivity index (χ2v) is 8.80. The molecule has 0 radical (unpaired) electrons. The zero-order valence-corrected chi connectivity index (χ0v) is 18.3. The van der Waals surface area contributed by atoms with E-state index in [1.807, 2.05) is 54.6 Å². The number of amides is 1. The minimum absolute atomic E-state index is 0.0503. The lowest BCUT2D eigenvalue weighted by Gasteiger charge is -2.09. The van der Waals surface area contributed by atoms with Crippen molar-refractivity contribution in [3.8, 4) is 12.3 Å².